The van der Waals surface area contributed by atoms with Crippen molar-refractivity contribution in [1.82, 2.24) is 4.90 Å². The Bertz CT molecular complexity index is 253. The van der Waals surface area contributed by atoms with Gasteiger partial charge in [-0.1, -0.05) is 27.7 Å². The van der Waals surface area contributed by atoms with Crippen molar-refractivity contribution in [2.45, 2.75) is 53.4 Å². The fourth-order valence-electron chi connectivity index (χ4n) is 2.30. The topological polar surface area (TPSA) is 41.6 Å². The SMILES string of the molecule is CC1CCCN(C(N)=NCCCC(C)(C)C)C1. The van der Waals surface area contributed by atoms with Crippen LogP contribution < -0.4 is 5.73 Å². The van der Waals surface area contributed by atoms with E-state index in [1.54, 1.807) is 0 Å². The molecule has 1 aliphatic rings. The molecule has 17 heavy (non-hydrogen) atoms. The third-order valence-electron chi connectivity index (χ3n) is 3.34. The molecule has 3 nitrogen and oxygen atoms in total. The lowest BCUT2D eigenvalue weighted by molar-refractivity contribution is 0.270. The predicted molar refractivity (Wildman–Crippen MR) is 75.1 cm³/mol. The van der Waals surface area contributed by atoms with Crippen LogP contribution in [0.2, 0.25) is 0 Å². The molecule has 0 spiro atoms. The second kappa shape index (κ2) is 6.27. The molecule has 1 aliphatic heterocycles. The summed E-state index contributed by atoms with van der Waals surface area (Å²) in [5, 5.41) is 0. The van der Waals surface area contributed by atoms with Gasteiger partial charge in [0.15, 0.2) is 5.96 Å². The van der Waals surface area contributed by atoms with E-state index in [2.05, 4.69) is 37.6 Å². The minimum absolute atomic E-state index is 0.407. The van der Waals surface area contributed by atoms with Gasteiger partial charge in [0.05, 0.1) is 0 Å². The summed E-state index contributed by atoms with van der Waals surface area (Å²) in [6.07, 6.45) is 4.92. The Kier molecular flexibility index (Phi) is 5.29. The number of hydrogen-bond acceptors (Lipinski definition) is 1. The number of guanidine groups is 1. The van der Waals surface area contributed by atoms with Gasteiger partial charge in [-0.15, -0.1) is 0 Å². The lowest BCUT2D eigenvalue weighted by Gasteiger charge is -2.31. The molecule has 0 saturated carbocycles. The van der Waals surface area contributed by atoms with Gasteiger partial charge in [-0.25, -0.2) is 0 Å². The van der Waals surface area contributed by atoms with Crippen LogP contribution in [0.15, 0.2) is 4.99 Å². The smallest absolute Gasteiger partial charge is 0.191 e. The minimum atomic E-state index is 0.407. The van der Waals surface area contributed by atoms with Crippen LogP contribution in [0.3, 0.4) is 0 Å². The third kappa shape index (κ3) is 5.94. The third-order valence-corrected chi connectivity index (χ3v) is 3.34. The van der Waals surface area contributed by atoms with Crippen LogP contribution >= 0.6 is 0 Å². The van der Waals surface area contributed by atoms with Gasteiger partial charge in [0.25, 0.3) is 0 Å². The molecule has 0 amide bonds. The van der Waals surface area contributed by atoms with Crippen molar-refractivity contribution in [1.29, 1.82) is 0 Å². The van der Waals surface area contributed by atoms with E-state index in [0.717, 1.165) is 37.9 Å². The Balaban J connectivity index is 2.28. The minimum Gasteiger partial charge on any atom is -0.370 e. The van der Waals surface area contributed by atoms with Crippen molar-refractivity contribution in [3.8, 4) is 0 Å². The molecule has 100 valence electrons. The Hall–Kier alpha value is -0.730. The highest BCUT2D eigenvalue weighted by Crippen LogP contribution is 2.20. The fourth-order valence-corrected chi connectivity index (χ4v) is 2.30. The molecular formula is C14H29N3. The average molecular weight is 239 g/mol. The average Bonchev–Trinajstić information content (AvgIpc) is 2.23. The van der Waals surface area contributed by atoms with Crippen LogP contribution in [-0.4, -0.2) is 30.5 Å². The summed E-state index contributed by atoms with van der Waals surface area (Å²) in [6.45, 7) is 12.1. The summed E-state index contributed by atoms with van der Waals surface area (Å²) >= 11 is 0. The molecule has 0 bridgehead atoms. The van der Waals surface area contributed by atoms with E-state index in [9.17, 15) is 0 Å². The number of aliphatic imine (C=N–C) groups is 1. The molecule has 1 fully saturated rings. The molecule has 1 saturated heterocycles. The van der Waals surface area contributed by atoms with Crippen LogP contribution in [-0.2, 0) is 0 Å². The highest BCUT2D eigenvalue weighted by Gasteiger charge is 2.17. The van der Waals surface area contributed by atoms with Crippen molar-refractivity contribution in [2.75, 3.05) is 19.6 Å². The Morgan fingerprint density at radius 2 is 2.12 bits per heavy atom. The molecule has 1 rings (SSSR count). The first-order chi connectivity index (χ1) is 7.88. The van der Waals surface area contributed by atoms with Gasteiger partial charge in [-0.3, -0.25) is 4.99 Å². The van der Waals surface area contributed by atoms with Crippen LogP contribution in [0.4, 0.5) is 0 Å². The van der Waals surface area contributed by atoms with Gasteiger partial charge >= 0.3 is 0 Å². The Morgan fingerprint density at radius 1 is 1.41 bits per heavy atom. The number of hydrogen-bond donors (Lipinski definition) is 1. The zero-order valence-corrected chi connectivity index (χ0v) is 12.0. The lowest BCUT2D eigenvalue weighted by Crippen LogP contribution is -2.43. The van der Waals surface area contributed by atoms with Crippen LogP contribution in [0.5, 0.6) is 0 Å². The van der Waals surface area contributed by atoms with E-state index in [0.29, 0.717) is 5.41 Å². The van der Waals surface area contributed by atoms with Crippen molar-refractivity contribution in [3.05, 3.63) is 0 Å². The quantitative estimate of drug-likeness (QED) is 0.467. The van der Waals surface area contributed by atoms with Crippen LogP contribution in [0, 0.1) is 11.3 Å². The molecule has 2 N–H and O–H groups in total. The van der Waals surface area contributed by atoms with Gasteiger partial charge in [0, 0.05) is 19.6 Å². The number of piperidine rings is 1. The number of nitrogens with two attached hydrogens (primary N) is 1. The molecule has 0 aromatic carbocycles. The summed E-state index contributed by atoms with van der Waals surface area (Å²) in [6, 6.07) is 0. The van der Waals surface area contributed by atoms with Gasteiger partial charge < -0.3 is 10.6 Å². The second-order valence-electron chi connectivity index (χ2n) is 6.60. The number of likely N-dealkylation sites (tertiary alicyclic amines) is 1. The summed E-state index contributed by atoms with van der Waals surface area (Å²) < 4.78 is 0. The summed E-state index contributed by atoms with van der Waals surface area (Å²) in [5.41, 5.74) is 6.44. The van der Waals surface area contributed by atoms with E-state index in [4.69, 9.17) is 5.73 Å². The normalized spacial score (nSPS) is 22.9. The molecule has 1 unspecified atom stereocenters. The zero-order chi connectivity index (χ0) is 12.9. The Labute approximate surface area is 106 Å². The van der Waals surface area contributed by atoms with E-state index in [1.165, 1.54) is 19.3 Å². The van der Waals surface area contributed by atoms with Gasteiger partial charge in [0.1, 0.15) is 0 Å². The maximum atomic E-state index is 6.04. The van der Waals surface area contributed by atoms with E-state index in [-0.39, 0.29) is 0 Å². The number of rotatable bonds is 3. The van der Waals surface area contributed by atoms with Gasteiger partial charge in [0.2, 0.25) is 0 Å². The van der Waals surface area contributed by atoms with Crippen LogP contribution in [0.1, 0.15) is 53.4 Å². The monoisotopic (exact) mass is 239 g/mol. The first-order valence-electron chi connectivity index (χ1n) is 6.93. The molecule has 1 heterocycles. The molecule has 0 radical (unpaired) electrons. The van der Waals surface area contributed by atoms with Crippen LogP contribution in [0.25, 0.3) is 0 Å². The first kappa shape index (κ1) is 14.3. The molecule has 1 atom stereocenters. The van der Waals surface area contributed by atoms with Gasteiger partial charge in [-0.2, -0.15) is 0 Å². The second-order valence-corrected chi connectivity index (χ2v) is 6.60. The maximum absolute atomic E-state index is 6.04. The number of nitrogens with zero attached hydrogens (tertiary/aromatic N) is 2. The molecule has 0 aromatic rings. The first-order valence-corrected chi connectivity index (χ1v) is 6.93. The zero-order valence-electron chi connectivity index (χ0n) is 12.0. The van der Waals surface area contributed by atoms with E-state index >= 15 is 0 Å². The highest BCUT2D eigenvalue weighted by atomic mass is 15.3. The highest BCUT2D eigenvalue weighted by molar-refractivity contribution is 5.78. The van der Waals surface area contributed by atoms with Crippen molar-refractivity contribution in [3.63, 3.8) is 0 Å². The van der Waals surface area contributed by atoms with E-state index < -0.39 is 0 Å². The summed E-state index contributed by atoms with van der Waals surface area (Å²) in [7, 11) is 0. The Morgan fingerprint density at radius 3 is 2.71 bits per heavy atom. The van der Waals surface area contributed by atoms with Crippen molar-refractivity contribution < 1.29 is 0 Å². The summed E-state index contributed by atoms with van der Waals surface area (Å²) in [5.74, 6) is 1.51. The molecular weight excluding hydrogens is 210 g/mol. The summed E-state index contributed by atoms with van der Waals surface area (Å²) in [4.78, 5) is 6.75. The standard InChI is InChI=1S/C14H29N3/c1-12-7-5-10-17(11-12)13(15)16-9-6-8-14(2,3)4/h12H,5-11H2,1-4H3,(H2,15,16). The van der Waals surface area contributed by atoms with Crippen molar-refractivity contribution in [2.24, 2.45) is 22.1 Å². The fraction of sp³-hybridized carbons (Fsp3) is 0.929. The van der Waals surface area contributed by atoms with Crippen molar-refractivity contribution >= 4 is 5.96 Å². The maximum Gasteiger partial charge on any atom is 0.191 e. The lowest BCUT2D eigenvalue weighted by atomic mass is 9.91. The molecule has 0 aliphatic carbocycles. The largest absolute Gasteiger partial charge is 0.370 e. The molecule has 3 heteroatoms. The molecule has 0 aromatic heterocycles. The predicted octanol–water partition coefficient (Wildman–Crippen LogP) is 2.86. The van der Waals surface area contributed by atoms with E-state index in [1.807, 2.05) is 0 Å². The van der Waals surface area contributed by atoms with Gasteiger partial charge in [-0.05, 0) is 37.0 Å².